The van der Waals surface area contributed by atoms with Crippen molar-refractivity contribution in [2.24, 2.45) is 5.92 Å². The lowest BCUT2D eigenvalue weighted by Crippen LogP contribution is -2.69. The Morgan fingerprint density at radius 1 is 0.663 bits per heavy atom. The highest BCUT2D eigenvalue weighted by Crippen LogP contribution is 2.50. The molecule has 1 aromatic rings. The Kier molecular flexibility index (Phi) is 28.9. The SMILES string of the molecule is C=C1C[C@H](CCC2OCCO2)O[C@H]1CC[C@H]1CCC(=C)[C@@H](C[C@@H]2O[C@H](C[C@@H](CO[Si](C)(C)C(C)(C)C)O[Si](C)(C)C(C)(C)C)C[C@H]2CC(=O)C(c2cccc(S(=O)[O-])c2)[C@H]2CC[C@@H]3OC(C(/C=C/I)O[Si](C)(C)C(C)(C)C)C(O[Si](C)(C)C(C)(C)C)C(O[Si](C)(C)C(C)(C)C)[C@@H]3O2)O1. The van der Waals surface area contributed by atoms with Gasteiger partial charge in [0.15, 0.2) is 47.9 Å². The van der Waals surface area contributed by atoms with E-state index in [9.17, 15) is 8.76 Å². The van der Waals surface area contributed by atoms with Crippen molar-refractivity contribution in [1.29, 1.82) is 0 Å². The molecule has 1 aromatic carbocycles. The van der Waals surface area contributed by atoms with Crippen LogP contribution in [0.5, 0.6) is 0 Å². The Morgan fingerprint density at radius 2 is 1.23 bits per heavy atom. The molecule has 7 rings (SSSR count). The number of hydrogen-bond donors (Lipinski definition) is 0. The Balaban J connectivity index is 1.26. The molecular weight excluding hydrogens is 1450 g/mol. The Hall–Kier alpha value is -0.446. The monoisotopic (exact) mass is 1590 g/mol. The van der Waals surface area contributed by atoms with Crippen LogP contribution in [0.1, 0.15) is 199 Å². The third-order valence-corrected chi connectivity index (χ3v) is 48.3. The number of fused-ring (bicyclic) bond motifs is 1. The molecule has 0 amide bonds. The van der Waals surface area contributed by atoms with Crippen LogP contribution in [0, 0.1) is 5.92 Å². The number of ether oxygens (including phenoxy) is 7. The van der Waals surface area contributed by atoms with Crippen LogP contribution in [0.15, 0.2) is 63.6 Å². The van der Waals surface area contributed by atoms with Crippen molar-refractivity contribution in [3.05, 3.63) is 64.3 Å². The summed E-state index contributed by atoms with van der Waals surface area (Å²) in [5, 5.41) is -0.503. The average molecular weight is 1590 g/mol. The van der Waals surface area contributed by atoms with Gasteiger partial charge in [-0.2, -0.15) is 0 Å². The van der Waals surface area contributed by atoms with Gasteiger partial charge in [-0.1, -0.05) is 152 Å². The molecule has 17 atom stereocenters. The second-order valence-corrected chi connectivity index (χ2v) is 62.9. The molecule has 0 aromatic heterocycles. The van der Waals surface area contributed by atoms with E-state index >= 15 is 4.79 Å². The van der Waals surface area contributed by atoms with Gasteiger partial charge in [0.2, 0.25) is 0 Å². The lowest BCUT2D eigenvalue weighted by molar-refractivity contribution is -0.268. The maximum absolute atomic E-state index is 16.4. The van der Waals surface area contributed by atoms with Gasteiger partial charge in [-0.25, -0.2) is 0 Å². The van der Waals surface area contributed by atoms with Gasteiger partial charge in [-0.05, 0) is 204 Å². The molecule has 6 aliphatic rings. The van der Waals surface area contributed by atoms with Crippen molar-refractivity contribution in [3.8, 4) is 0 Å². The first-order valence-electron chi connectivity index (χ1n) is 37.1. The van der Waals surface area contributed by atoms with Gasteiger partial charge in [0, 0.05) is 30.6 Å². The Morgan fingerprint density at radius 3 is 1.82 bits per heavy atom. The van der Waals surface area contributed by atoms with E-state index in [0.29, 0.717) is 57.5 Å². The van der Waals surface area contributed by atoms with Crippen LogP contribution < -0.4 is 0 Å². The minimum Gasteiger partial charge on any atom is -0.768 e. The topological polar surface area (TPSA) is 168 Å². The lowest BCUT2D eigenvalue weighted by Gasteiger charge is -2.56. The second kappa shape index (κ2) is 33.4. The second-order valence-electron chi connectivity index (χ2n) is 37.4. The zero-order chi connectivity index (χ0) is 73.3. The minimum absolute atomic E-state index is 0.00232. The number of halogens is 1. The zero-order valence-corrected chi connectivity index (χ0v) is 73.4. The fourth-order valence-electron chi connectivity index (χ4n) is 13.5. The molecule has 98 heavy (non-hydrogen) atoms. The minimum atomic E-state index is -2.64. The number of benzene rings is 1. The summed E-state index contributed by atoms with van der Waals surface area (Å²) >= 11 is -0.259. The van der Waals surface area contributed by atoms with Gasteiger partial charge < -0.3 is 59.8 Å². The molecule has 0 bridgehead atoms. The Labute approximate surface area is 616 Å². The van der Waals surface area contributed by atoms with Crippen molar-refractivity contribution >= 4 is 81.0 Å². The first kappa shape index (κ1) is 84.8. The molecular formula is C76H134IO15SSi5-. The van der Waals surface area contributed by atoms with E-state index in [1.807, 2.05) is 10.1 Å². The van der Waals surface area contributed by atoms with E-state index in [2.05, 4.69) is 211 Å². The molecule has 6 unspecified atom stereocenters. The normalized spacial score (nSPS) is 30.1. The smallest absolute Gasteiger partial charge is 0.193 e. The van der Waals surface area contributed by atoms with Gasteiger partial charge in [0.05, 0.1) is 86.8 Å². The maximum Gasteiger partial charge on any atom is 0.193 e. The largest absolute Gasteiger partial charge is 0.768 e. The molecule has 0 spiro atoms. The number of carbonyl (C=O) groups is 1. The van der Waals surface area contributed by atoms with Crippen LogP contribution in [-0.2, 0) is 71.2 Å². The fraction of sp³-hybridized carbons (Fsp3) is 0.829. The van der Waals surface area contributed by atoms with Crippen molar-refractivity contribution in [2.45, 2.75) is 381 Å². The van der Waals surface area contributed by atoms with Gasteiger partial charge in [0.25, 0.3) is 0 Å². The molecule has 0 N–H and O–H groups in total. The summed E-state index contributed by atoms with van der Waals surface area (Å²) in [6.07, 6.45) is 5.66. The summed E-state index contributed by atoms with van der Waals surface area (Å²) in [4.78, 5) is 16.5. The van der Waals surface area contributed by atoms with E-state index in [4.69, 9.17) is 55.3 Å². The van der Waals surface area contributed by atoms with E-state index in [0.717, 1.165) is 56.1 Å². The van der Waals surface area contributed by atoms with E-state index in [1.165, 1.54) is 0 Å². The average Bonchev–Trinajstić information content (AvgIpc) is 0.869. The lowest BCUT2D eigenvalue weighted by atomic mass is 9.78. The first-order valence-corrected chi connectivity index (χ1v) is 54.0. The van der Waals surface area contributed by atoms with Crippen LogP contribution >= 0.6 is 22.6 Å². The van der Waals surface area contributed by atoms with Gasteiger partial charge >= 0.3 is 0 Å². The molecule has 0 aliphatic carbocycles. The van der Waals surface area contributed by atoms with Crippen LogP contribution in [0.3, 0.4) is 0 Å². The predicted octanol–water partition coefficient (Wildman–Crippen LogP) is 19.1. The van der Waals surface area contributed by atoms with Gasteiger partial charge in [-0.15, -0.1) is 0 Å². The molecule has 0 saturated carbocycles. The van der Waals surface area contributed by atoms with Crippen LogP contribution in [0.25, 0.3) is 0 Å². The van der Waals surface area contributed by atoms with Gasteiger partial charge in [-0.3, -0.25) is 9.00 Å². The van der Waals surface area contributed by atoms with Crippen molar-refractivity contribution < 1.29 is 68.8 Å². The molecule has 562 valence electrons. The summed E-state index contributed by atoms with van der Waals surface area (Å²) in [5.74, 6) is -1.12. The zero-order valence-electron chi connectivity index (χ0n) is 65.4. The summed E-state index contributed by atoms with van der Waals surface area (Å²) in [7, 11) is -12.2. The molecule has 22 heteroatoms. The number of Topliss-reactive ketones (excluding diaryl/α,β-unsaturated/α-hetero) is 1. The number of rotatable bonds is 29. The van der Waals surface area contributed by atoms with E-state index in [-0.39, 0.29) is 97.2 Å². The summed E-state index contributed by atoms with van der Waals surface area (Å²) in [6.45, 7) is 67.8. The molecule has 6 fully saturated rings. The fourth-order valence-corrected chi connectivity index (χ4v) is 20.5. The quantitative estimate of drug-likeness (QED) is 0.0321. The number of carbonyl (C=O) groups excluding carboxylic acids is 1. The molecule has 6 aliphatic heterocycles. The number of ketones is 1. The van der Waals surface area contributed by atoms with E-state index < -0.39 is 101 Å². The number of hydrogen-bond acceptors (Lipinski definition) is 15. The summed E-state index contributed by atoms with van der Waals surface area (Å²) in [5.41, 5.74) is 2.77. The van der Waals surface area contributed by atoms with E-state index in [1.54, 1.807) is 18.2 Å². The Bertz CT molecular complexity index is 2870. The third kappa shape index (κ3) is 21.7. The molecule has 0 radical (unpaired) electrons. The van der Waals surface area contributed by atoms with Crippen LogP contribution in [0.2, 0.25) is 90.7 Å². The summed E-state index contributed by atoms with van der Waals surface area (Å²) < 4.78 is 113. The van der Waals surface area contributed by atoms with Gasteiger partial charge in [0.1, 0.15) is 30.2 Å². The van der Waals surface area contributed by atoms with Crippen LogP contribution in [-0.4, -0.2) is 168 Å². The molecule has 6 heterocycles. The van der Waals surface area contributed by atoms with Crippen molar-refractivity contribution in [2.75, 3.05) is 19.8 Å². The van der Waals surface area contributed by atoms with Crippen molar-refractivity contribution in [1.82, 2.24) is 0 Å². The standard InChI is InChI=1S/C76H135IO15SSi5/c1-50-31-32-54(33-35-60-51(2)43-55(85-60)34-38-66-81-41-42-82-66)84-64(50)48-65-53(44-56(86-65)47-57(89-95(20,21)73(6,7)8)49-83-94(18,19)72(3,4)5)46-59(78)67(52-29-28-30-58(45-52)93(79)80)61-36-37-62-68(87-61)70(91-97(24,25)75(12,13)14)71(92-98(26,27)76(15,16)17)69(88-62)63(39-40-77)90-96(22,23)74(9,10)11/h28-30,39-40,45,53-57,60-71H,1-2,31-38,41-44,46-49H2,3-27H3,(H,79,80)/p-1/b40-39+/t53-,54+,55-,56-,57-,60-,61+,62-,63?,64+,65-,67?,68+,69?,70?,71?/m0/s1. The van der Waals surface area contributed by atoms with Crippen LogP contribution in [0.4, 0.5) is 0 Å². The molecule has 15 nitrogen and oxygen atoms in total. The molecule has 6 saturated heterocycles. The van der Waals surface area contributed by atoms with Crippen molar-refractivity contribution in [3.63, 3.8) is 0 Å². The first-order chi connectivity index (χ1) is 44.9. The predicted molar refractivity (Wildman–Crippen MR) is 417 cm³/mol. The highest BCUT2D eigenvalue weighted by Gasteiger charge is 2.59. The highest BCUT2D eigenvalue weighted by atomic mass is 127. The maximum atomic E-state index is 16.4. The summed E-state index contributed by atoms with van der Waals surface area (Å²) in [6, 6.07) is 6.91. The third-order valence-electron chi connectivity index (χ3n) is 24.8. The highest BCUT2D eigenvalue weighted by molar-refractivity contribution is 14.1.